The number of aliphatic carboxylic acids is 1. The predicted molar refractivity (Wildman–Crippen MR) is 83.9 cm³/mol. The molecule has 2 N–H and O–H groups in total. The highest BCUT2D eigenvalue weighted by Crippen LogP contribution is 2.24. The van der Waals surface area contributed by atoms with E-state index >= 15 is 0 Å². The molecule has 0 amide bonds. The highest BCUT2D eigenvalue weighted by atomic mass is 35.5. The van der Waals surface area contributed by atoms with Crippen molar-refractivity contribution in [3.63, 3.8) is 0 Å². The van der Waals surface area contributed by atoms with Crippen molar-refractivity contribution in [2.45, 2.75) is 25.0 Å². The summed E-state index contributed by atoms with van der Waals surface area (Å²) in [6.45, 7) is 0. The minimum atomic E-state index is -1.10. The Morgan fingerprint density at radius 2 is 2.10 bits per heavy atom. The van der Waals surface area contributed by atoms with Gasteiger partial charge in [-0.2, -0.15) is 0 Å². The van der Waals surface area contributed by atoms with Gasteiger partial charge in [-0.3, -0.25) is 4.79 Å². The molecule has 1 aromatic carbocycles. The number of carboxylic acids is 1. The fourth-order valence-electron chi connectivity index (χ4n) is 2.06. The highest BCUT2D eigenvalue weighted by Gasteiger charge is 2.26. The molecule has 114 valence electrons. The average molecular weight is 332 g/mol. The molecule has 0 fully saturated rings. The Morgan fingerprint density at radius 3 is 2.62 bits per heavy atom. The maximum atomic E-state index is 10.8. The Morgan fingerprint density at radius 1 is 1.43 bits per heavy atom. The van der Waals surface area contributed by atoms with Crippen LogP contribution in [0.15, 0.2) is 18.2 Å². The van der Waals surface area contributed by atoms with Crippen molar-refractivity contribution in [2.75, 3.05) is 7.05 Å². The second-order valence-electron chi connectivity index (χ2n) is 4.79. The molecule has 2 atom stereocenters. The predicted octanol–water partition coefficient (Wildman–Crippen LogP) is 1.21. The summed E-state index contributed by atoms with van der Waals surface area (Å²) < 4.78 is 0. The lowest BCUT2D eigenvalue weighted by atomic mass is 9.87. The molecular weight excluding hydrogens is 316 g/mol. The van der Waals surface area contributed by atoms with Gasteiger partial charge in [-0.05, 0) is 31.2 Å². The first kappa shape index (κ1) is 18.0. The topological polar surface area (TPSA) is 77.8 Å². The molecule has 0 radical (unpaired) electrons. The molecule has 0 saturated carbocycles. The van der Waals surface area contributed by atoms with Crippen molar-refractivity contribution in [1.82, 2.24) is 4.81 Å². The van der Waals surface area contributed by atoms with Crippen molar-refractivity contribution in [3.8, 4) is 0 Å². The van der Waals surface area contributed by atoms with Gasteiger partial charge in [-0.25, -0.2) is 0 Å². The van der Waals surface area contributed by atoms with E-state index in [1.807, 2.05) is 0 Å². The Kier molecular flexibility index (Phi) is 7.18. The van der Waals surface area contributed by atoms with Crippen LogP contribution in [0.2, 0.25) is 10.0 Å². The number of nitrogens with zero attached hydrogens (tertiary/aromatic N) is 1. The molecule has 21 heavy (non-hydrogen) atoms. The van der Waals surface area contributed by atoms with Crippen molar-refractivity contribution in [2.24, 2.45) is 0 Å². The second kappa shape index (κ2) is 8.39. The normalized spacial score (nSPS) is 13.8. The summed E-state index contributed by atoms with van der Waals surface area (Å²) in [7, 11) is 1.75. The summed E-state index contributed by atoms with van der Waals surface area (Å²) in [4.78, 5) is 23.0. The van der Waals surface area contributed by atoms with E-state index in [2.05, 4.69) is 0 Å². The van der Waals surface area contributed by atoms with Crippen LogP contribution in [-0.2, 0) is 16.0 Å². The third kappa shape index (κ3) is 5.67. The SMILES string of the molecule is CN(BC=O)[C@H](Cc1ccc(Cl)c(Cl)c1)C(O)CC(=O)O. The number of aliphatic hydroxyl groups excluding tert-OH is 1. The molecule has 0 aliphatic heterocycles. The Bertz CT molecular complexity index is 515. The fraction of sp³-hybridized carbons (Fsp3) is 0.385. The molecule has 1 unspecified atom stereocenters. The smallest absolute Gasteiger partial charge is 0.306 e. The lowest BCUT2D eigenvalue weighted by Gasteiger charge is -2.30. The maximum absolute atomic E-state index is 10.8. The highest BCUT2D eigenvalue weighted by molar-refractivity contribution is 6.64. The molecule has 0 aromatic heterocycles. The van der Waals surface area contributed by atoms with Crippen LogP contribution in [0.25, 0.3) is 0 Å². The monoisotopic (exact) mass is 331 g/mol. The van der Waals surface area contributed by atoms with Gasteiger partial charge in [0.15, 0.2) is 0 Å². The number of carboxylic acid groups (broad SMARTS) is 1. The third-order valence-electron chi connectivity index (χ3n) is 3.19. The van der Waals surface area contributed by atoms with Crippen LogP contribution in [0.5, 0.6) is 0 Å². The van der Waals surface area contributed by atoms with Gasteiger partial charge in [-0.1, -0.05) is 29.3 Å². The number of carbonyl (C=O) groups excluding carboxylic acids is 1. The summed E-state index contributed by atoms with van der Waals surface area (Å²) >= 11 is 11.8. The van der Waals surface area contributed by atoms with E-state index in [9.17, 15) is 14.7 Å². The molecule has 0 aliphatic carbocycles. The third-order valence-corrected chi connectivity index (χ3v) is 3.92. The molecular formula is C13H16BCl2NO4. The van der Waals surface area contributed by atoms with Gasteiger partial charge in [0.2, 0.25) is 0 Å². The number of rotatable bonds is 8. The van der Waals surface area contributed by atoms with Crippen LogP contribution >= 0.6 is 23.2 Å². The van der Waals surface area contributed by atoms with Crippen molar-refractivity contribution in [1.29, 1.82) is 0 Å². The molecule has 1 aromatic rings. The van der Waals surface area contributed by atoms with Gasteiger partial charge in [0.1, 0.15) is 0 Å². The van der Waals surface area contributed by atoms with E-state index in [-0.39, 0.29) is 7.41 Å². The lowest BCUT2D eigenvalue weighted by molar-refractivity contribution is -0.139. The summed E-state index contributed by atoms with van der Waals surface area (Å²) in [5.41, 5.74) is 0.802. The lowest BCUT2D eigenvalue weighted by Crippen LogP contribution is -2.46. The summed E-state index contributed by atoms with van der Waals surface area (Å²) in [6, 6.07) is 4.55. The van der Waals surface area contributed by atoms with E-state index in [0.29, 0.717) is 22.7 Å². The molecule has 1 rings (SSSR count). The zero-order valence-corrected chi connectivity index (χ0v) is 13.0. The fourth-order valence-corrected chi connectivity index (χ4v) is 2.38. The molecule has 0 bridgehead atoms. The average Bonchev–Trinajstić information content (AvgIpc) is 2.39. The number of aliphatic hydroxyl groups is 1. The standard InChI is InChI=1S/C13H16BCl2NO4/c1-17(14-7-18)11(12(19)6-13(20)21)5-8-2-3-9(15)10(16)4-8/h2-4,7,11-12,14,19H,5-6H2,1H3,(H,20,21)/t11-,12?/m1/s1. The summed E-state index contributed by atoms with van der Waals surface area (Å²) in [5.74, 6) is -1.10. The van der Waals surface area contributed by atoms with Gasteiger partial charge >= 0.3 is 5.97 Å². The number of hydrogen-bond donors (Lipinski definition) is 2. The first-order chi connectivity index (χ1) is 9.85. The van der Waals surface area contributed by atoms with Gasteiger partial charge in [0.05, 0.1) is 28.8 Å². The van der Waals surface area contributed by atoms with Crippen LogP contribution in [0, 0.1) is 0 Å². The van der Waals surface area contributed by atoms with Gasteiger partial charge in [0.25, 0.3) is 7.41 Å². The van der Waals surface area contributed by atoms with E-state index in [1.165, 1.54) is 0 Å². The summed E-state index contributed by atoms with van der Waals surface area (Å²) in [6.07, 6.45) is -0.429. The van der Waals surface area contributed by atoms with Gasteiger partial charge in [-0.15, -0.1) is 0 Å². The first-order valence-corrected chi connectivity index (χ1v) is 7.08. The Hall–Kier alpha value is -1.08. The molecule has 0 saturated heterocycles. The Labute approximate surface area is 133 Å². The number of likely N-dealkylation sites (N-methyl/N-ethyl adjacent to an activating group) is 1. The number of hydrogen-bond acceptors (Lipinski definition) is 4. The zero-order chi connectivity index (χ0) is 16.0. The van der Waals surface area contributed by atoms with Crippen LogP contribution in [-0.4, -0.2) is 53.8 Å². The largest absolute Gasteiger partial charge is 0.481 e. The minimum Gasteiger partial charge on any atom is -0.481 e. The van der Waals surface area contributed by atoms with Crippen LogP contribution in [0.4, 0.5) is 0 Å². The summed E-state index contributed by atoms with van der Waals surface area (Å²) in [5, 5.41) is 19.7. The minimum absolute atomic E-state index is 0.0999. The van der Waals surface area contributed by atoms with Crippen LogP contribution in [0.1, 0.15) is 12.0 Å². The van der Waals surface area contributed by atoms with E-state index in [0.717, 1.165) is 5.56 Å². The van der Waals surface area contributed by atoms with E-state index in [1.54, 1.807) is 30.1 Å². The molecule has 8 heteroatoms. The van der Waals surface area contributed by atoms with Crippen LogP contribution in [0.3, 0.4) is 0 Å². The number of benzene rings is 1. The maximum Gasteiger partial charge on any atom is 0.306 e. The van der Waals surface area contributed by atoms with E-state index < -0.39 is 24.5 Å². The van der Waals surface area contributed by atoms with Crippen molar-refractivity contribution < 1.29 is 19.8 Å². The molecule has 0 heterocycles. The Balaban J connectivity index is 2.91. The van der Waals surface area contributed by atoms with Gasteiger partial charge < -0.3 is 19.8 Å². The number of carbonyl (C=O) groups is 2. The van der Waals surface area contributed by atoms with Crippen LogP contribution < -0.4 is 0 Å². The van der Waals surface area contributed by atoms with Crippen molar-refractivity contribution >= 4 is 42.8 Å². The first-order valence-electron chi connectivity index (χ1n) is 6.32. The molecule has 0 spiro atoms. The molecule has 5 nitrogen and oxygen atoms in total. The van der Waals surface area contributed by atoms with E-state index in [4.69, 9.17) is 28.3 Å². The number of halogens is 2. The zero-order valence-electron chi connectivity index (χ0n) is 11.5. The van der Waals surface area contributed by atoms with Gasteiger partial charge in [0, 0.05) is 6.04 Å². The molecule has 0 aliphatic rings. The quantitative estimate of drug-likeness (QED) is 0.553. The second-order valence-corrected chi connectivity index (χ2v) is 5.61. The van der Waals surface area contributed by atoms with Crippen molar-refractivity contribution in [3.05, 3.63) is 33.8 Å².